The van der Waals surface area contributed by atoms with E-state index in [1.54, 1.807) is 69.7 Å². The van der Waals surface area contributed by atoms with Gasteiger partial charge in [0.2, 0.25) is 0 Å². The number of aromatic nitrogens is 4. The molecule has 0 saturated heterocycles. The van der Waals surface area contributed by atoms with Crippen LogP contribution in [0.15, 0.2) is 17.4 Å². The molecule has 0 unspecified atom stereocenters. The minimum atomic E-state index is 1.05. The predicted molar refractivity (Wildman–Crippen MR) is 94.1 cm³/mol. The van der Waals surface area contributed by atoms with Crippen LogP contribution in [0.3, 0.4) is 0 Å². The van der Waals surface area contributed by atoms with Crippen molar-refractivity contribution in [2.24, 2.45) is 0 Å². The number of hydrogen-bond donors (Lipinski definition) is 0. The maximum Gasteiger partial charge on any atom is 0.175 e. The molecule has 0 radical (unpaired) electrons. The number of nitrogens with zero attached hydrogens (tertiary/aromatic N) is 4. The summed E-state index contributed by atoms with van der Waals surface area (Å²) in [5.74, 6) is 2.21. The van der Waals surface area contributed by atoms with E-state index in [0.29, 0.717) is 0 Å². The quantitative estimate of drug-likeness (QED) is 0.464. The van der Waals surface area contributed by atoms with Crippen LogP contribution >= 0.6 is 69.7 Å². The third kappa shape index (κ3) is 5.72. The van der Waals surface area contributed by atoms with Crippen LogP contribution in [0.5, 0.6) is 0 Å². The van der Waals surface area contributed by atoms with E-state index in [9.17, 15) is 0 Å². The van der Waals surface area contributed by atoms with Gasteiger partial charge in [-0.25, -0.2) is 0 Å². The first-order valence-electron chi connectivity index (χ1n) is 5.82. The van der Waals surface area contributed by atoms with E-state index in [2.05, 4.69) is 20.4 Å². The van der Waals surface area contributed by atoms with E-state index in [0.717, 1.165) is 28.9 Å². The van der Waals surface area contributed by atoms with Crippen molar-refractivity contribution in [1.29, 1.82) is 0 Å². The highest BCUT2D eigenvalue weighted by Crippen LogP contribution is 2.29. The van der Waals surface area contributed by atoms with E-state index in [-0.39, 0.29) is 0 Å². The maximum atomic E-state index is 4.15. The lowest BCUT2D eigenvalue weighted by molar-refractivity contribution is 0.898. The lowest BCUT2D eigenvalue weighted by atomic mass is 10.4. The van der Waals surface area contributed by atoms with Crippen molar-refractivity contribution in [2.75, 3.05) is 24.0 Å². The van der Waals surface area contributed by atoms with Crippen molar-refractivity contribution >= 4 is 69.7 Å². The topological polar surface area (TPSA) is 51.6 Å². The molecule has 110 valence electrons. The van der Waals surface area contributed by atoms with Gasteiger partial charge in [0.05, 0.1) is 0 Å². The van der Waals surface area contributed by atoms with Gasteiger partial charge >= 0.3 is 0 Å². The molecule has 0 aliphatic heterocycles. The van der Waals surface area contributed by atoms with E-state index < -0.39 is 0 Å². The first-order chi connectivity index (χ1) is 9.81. The molecule has 0 fully saturated rings. The van der Waals surface area contributed by atoms with Gasteiger partial charge in [-0.15, -0.1) is 20.4 Å². The summed E-state index contributed by atoms with van der Waals surface area (Å²) in [5.41, 5.74) is 0. The van der Waals surface area contributed by atoms with E-state index in [1.807, 2.05) is 12.5 Å². The molecule has 0 aliphatic carbocycles. The summed E-state index contributed by atoms with van der Waals surface area (Å²) in [4.78, 5) is 0. The van der Waals surface area contributed by atoms with E-state index in [4.69, 9.17) is 0 Å². The Morgan fingerprint density at radius 2 is 1.10 bits per heavy atom. The van der Waals surface area contributed by atoms with Crippen LogP contribution < -0.4 is 0 Å². The monoisotopic (exact) mass is 382 g/mol. The van der Waals surface area contributed by atoms with E-state index in [1.165, 1.54) is 12.8 Å². The van der Waals surface area contributed by atoms with Crippen LogP contribution in [0.2, 0.25) is 0 Å². The minimum Gasteiger partial charge on any atom is -0.131 e. The molecule has 0 N–H and O–H groups in total. The van der Waals surface area contributed by atoms with Gasteiger partial charge in [0, 0.05) is 11.5 Å². The molecule has 20 heavy (non-hydrogen) atoms. The lowest BCUT2D eigenvalue weighted by Gasteiger charge is -1.97. The number of hydrogen-bond acceptors (Lipinski definition) is 10. The molecule has 0 spiro atoms. The van der Waals surface area contributed by atoms with Crippen molar-refractivity contribution in [1.82, 2.24) is 20.4 Å². The third-order valence-corrected chi connectivity index (χ3v) is 8.35. The SMILES string of the molecule is CSc1nnc(SCCCCSc2nnc(SC)s2)s1. The molecular weight excluding hydrogens is 369 g/mol. The molecule has 10 heteroatoms. The summed E-state index contributed by atoms with van der Waals surface area (Å²) >= 11 is 10.3. The predicted octanol–water partition coefficient (Wildman–Crippen LogP) is 4.50. The van der Waals surface area contributed by atoms with E-state index >= 15 is 0 Å². The standard InChI is InChI=1S/C10H14N4S6/c1-15-7-11-13-9(19-7)17-5-3-4-6-18-10-14-12-8(16-2)20-10/h3-6H2,1-2H3. The largest absolute Gasteiger partial charge is 0.175 e. The van der Waals surface area contributed by atoms with Crippen molar-refractivity contribution < 1.29 is 0 Å². The first-order valence-corrected chi connectivity index (χ1v) is 11.9. The molecule has 0 amide bonds. The fraction of sp³-hybridized carbons (Fsp3) is 0.600. The maximum absolute atomic E-state index is 4.15. The fourth-order valence-corrected chi connectivity index (χ4v) is 6.21. The zero-order valence-electron chi connectivity index (χ0n) is 11.1. The summed E-state index contributed by atoms with van der Waals surface area (Å²) in [5, 5.41) is 16.5. The lowest BCUT2D eigenvalue weighted by Crippen LogP contribution is -1.84. The third-order valence-electron chi connectivity index (χ3n) is 2.11. The molecule has 0 bridgehead atoms. The van der Waals surface area contributed by atoms with Gasteiger partial charge in [0.15, 0.2) is 17.4 Å². The summed E-state index contributed by atoms with van der Waals surface area (Å²) in [7, 11) is 0. The van der Waals surface area contributed by atoms with Gasteiger partial charge in [0.1, 0.15) is 0 Å². The van der Waals surface area contributed by atoms with Crippen LogP contribution in [-0.4, -0.2) is 44.4 Å². The van der Waals surface area contributed by atoms with Gasteiger partial charge in [-0.3, -0.25) is 0 Å². The Bertz CT molecular complexity index is 467. The number of thioether (sulfide) groups is 4. The summed E-state index contributed by atoms with van der Waals surface area (Å²) in [6.45, 7) is 0. The average molecular weight is 383 g/mol. The van der Waals surface area contributed by atoms with Crippen molar-refractivity contribution in [3.8, 4) is 0 Å². The normalized spacial score (nSPS) is 11.1. The zero-order chi connectivity index (χ0) is 14.2. The van der Waals surface area contributed by atoms with Gasteiger partial charge in [0.25, 0.3) is 0 Å². The summed E-state index contributed by atoms with van der Waals surface area (Å²) in [6.07, 6.45) is 6.45. The second-order valence-electron chi connectivity index (χ2n) is 3.48. The number of unbranched alkanes of at least 4 members (excludes halogenated alkanes) is 1. The highest BCUT2D eigenvalue weighted by Gasteiger charge is 2.05. The van der Waals surface area contributed by atoms with Crippen LogP contribution in [-0.2, 0) is 0 Å². The van der Waals surface area contributed by atoms with Gasteiger partial charge in [-0.1, -0.05) is 69.7 Å². The van der Waals surface area contributed by atoms with Crippen molar-refractivity contribution in [3.05, 3.63) is 0 Å². The van der Waals surface area contributed by atoms with Crippen LogP contribution in [0, 0.1) is 0 Å². The molecule has 2 heterocycles. The van der Waals surface area contributed by atoms with Gasteiger partial charge < -0.3 is 0 Å². The molecule has 2 aromatic heterocycles. The Kier molecular flexibility index (Phi) is 8.04. The molecular formula is C10H14N4S6. The Hall–Kier alpha value is 0.520. The Morgan fingerprint density at radius 1 is 0.700 bits per heavy atom. The average Bonchev–Trinajstić information content (AvgIpc) is 3.11. The number of rotatable bonds is 9. The zero-order valence-corrected chi connectivity index (χ0v) is 16.0. The molecule has 2 aromatic rings. The minimum absolute atomic E-state index is 1.05. The molecule has 0 saturated carbocycles. The molecule has 0 aromatic carbocycles. The summed E-state index contributed by atoms with van der Waals surface area (Å²) in [6, 6.07) is 0. The van der Waals surface area contributed by atoms with Gasteiger partial charge in [-0.2, -0.15) is 0 Å². The molecule has 0 aliphatic rings. The Labute approximate surface area is 143 Å². The smallest absolute Gasteiger partial charge is 0.131 e. The van der Waals surface area contributed by atoms with Crippen molar-refractivity contribution in [3.63, 3.8) is 0 Å². The Morgan fingerprint density at radius 3 is 1.45 bits per heavy atom. The van der Waals surface area contributed by atoms with Crippen LogP contribution in [0.1, 0.15) is 12.8 Å². The highest BCUT2D eigenvalue weighted by atomic mass is 32.2. The Balaban J connectivity index is 1.55. The van der Waals surface area contributed by atoms with Gasteiger partial charge in [-0.05, 0) is 25.4 Å². The fourth-order valence-electron chi connectivity index (χ4n) is 1.20. The first kappa shape index (κ1) is 16.9. The summed E-state index contributed by atoms with van der Waals surface area (Å²) < 4.78 is 4.25. The molecule has 2 rings (SSSR count). The molecule has 0 atom stereocenters. The van der Waals surface area contributed by atoms with Crippen LogP contribution in [0.4, 0.5) is 0 Å². The second kappa shape index (κ2) is 9.52. The molecule has 4 nitrogen and oxygen atoms in total. The van der Waals surface area contributed by atoms with Crippen LogP contribution in [0.25, 0.3) is 0 Å². The van der Waals surface area contributed by atoms with Crippen molar-refractivity contribution in [2.45, 2.75) is 30.2 Å². The highest BCUT2D eigenvalue weighted by molar-refractivity contribution is 8.03. The second-order valence-corrected chi connectivity index (χ2v) is 10.2.